The normalized spacial score (nSPS) is 21.5. The zero-order valence-electron chi connectivity index (χ0n) is 24.4. The summed E-state index contributed by atoms with van der Waals surface area (Å²) >= 11 is 12.2. The number of hydrogen-bond acceptors (Lipinski definition) is 7. The Balaban J connectivity index is 1.88. The summed E-state index contributed by atoms with van der Waals surface area (Å²) in [5.74, 6) is -6.21. The van der Waals surface area contributed by atoms with Crippen molar-refractivity contribution in [3.05, 3.63) is 58.1 Å². The van der Waals surface area contributed by atoms with E-state index in [0.29, 0.717) is 12.8 Å². The van der Waals surface area contributed by atoms with Crippen molar-refractivity contribution in [1.29, 1.82) is 0 Å². The number of halogens is 3. The number of sulfone groups is 1. The summed E-state index contributed by atoms with van der Waals surface area (Å²) in [5, 5.41) is 1.07. The number of carbonyl (C=O) groups excluding carboxylic acids is 4. The van der Waals surface area contributed by atoms with Gasteiger partial charge in [-0.1, -0.05) is 62.0 Å². The lowest BCUT2D eigenvalue weighted by Gasteiger charge is -2.42. The second kappa shape index (κ2) is 13.1. The molecule has 3 atom stereocenters. The first kappa shape index (κ1) is 33.8. The van der Waals surface area contributed by atoms with Crippen molar-refractivity contribution < 1.29 is 32.0 Å². The summed E-state index contributed by atoms with van der Waals surface area (Å²) < 4.78 is 43.1. The molecule has 14 heteroatoms. The molecule has 2 heterocycles. The Labute approximate surface area is 265 Å². The first-order chi connectivity index (χ1) is 20.8. The predicted octanol–water partition coefficient (Wildman–Crippen LogP) is 3.76. The molecule has 2 aromatic rings. The third-order valence-electron chi connectivity index (χ3n) is 8.59. The molecular formula is C30H35Cl2FN4O6S. The molecule has 0 bridgehead atoms. The van der Waals surface area contributed by atoms with Crippen molar-refractivity contribution in [1.82, 2.24) is 15.2 Å². The number of rotatable bonds is 13. The zero-order valence-corrected chi connectivity index (χ0v) is 26.8. The van der Waals surface area contributed by atoms with Crippen LogP contribution in [0.4, 0.5) is 4.39 Å². The van der Waals surface area contributed by atoms with Crippen LogP contribution in [0.1, 0.15) is 64.5 Å². The Kier molecular flexibility index (Phi) is 10.1. The van der Waals surface area contributed by atoms with Crippen LogP contribution in [0.3, 0.4) is 0 Å². The van der Waals surface area contributed by atoms with E-state index in [2.05, 4.69) is 10.3 Å². The Hall–Kier alpha value is -3.09. The number of likely N-dealkylation sites (tertiary alicyclic amines) is 1. The lowest BCUT2D eigenvalue weighted by molar-refractivity contribution is -0.155. The van der Waals surface area contributed by atoms with Gasteiger partial charge in [-0.25, -0.2) is 12.8 Å². The number of nitrogens with two attached hydrogens (primary N) is 1. The number of amides is 3. The van der Waals surface area contributed by atoms with Crippen LogP contribution in [0.2, 0.25) is 10.0 Å². The molecule has 2 aliphatic rings. The SMILES string of the molecule is CCCCNC(=O)C(=O)[C@@H](CCC)C1(C(N)=O)CC(S(=O)(=O)c2ccccc2Cl)CN1C(=O)C1(c2ncc(Cl)cc2F)CC1. The second-order valence-electron chi connectivity index (χ2n) is 11.4. The molecule has 2 fully saturated rings. The third kappa shape index (κ3) is 5.95. The molecule has 1 aromatic carbocycles. The minimum absolute atomic E-state index is 0.00995. The average molecular weight is 670 g/mol. The maximum absolute atomic E-state index is 15.2. The molecule has 1 saturated carbocycles. The molecule has 1 saturated heterocycles. The number of benzene rings is 1. The highest BCUT2D eigenvalue weighted by atomic mass is 35.5. The molecule has 2 unspecified atom stereocenters. The van der Waals surface area contributed by atoms with E-state index in [-0.39, 0.29) is 46.4 Å². The van der Waals surface area contributed by atoms with Gasteiger partial charge in [-0.2, -0.15) is 0 Å². The molecule has 1 aliphatic heterocycles. The highest BCUT2D eigenvalue weighted by Gasteiger charge is 2.66. The van der Waals surface area contributed by atoms with Gasteiger partial charge in [-0.15, -0.1) is 0 Å². The van der Waals surface area contributed by atoms with Gasteiger partial charge >= 0.3 is 0 Å². The molecule has 10 nitrogen and oxygen atoms in total. The number of aromatic nitrogens is 1. The summed E-state index contributed by atoms with van der Waals surface area (Å²) in [5.41, 5.74) is 2.06. The van der Waals surface area contributed by atoms with E-state index in [4.69, 9.17) is 28.9 Å². The molecule has 44 heavy (non-hydrogen) atoms. The molecular weight excluding hydrogens is 634 g/mol. The van der Waals surface area contributed by atoms with Gasteiger partial charge in [0, 0.05) is 19.3 Å². The van der Waals surface area contributed by atoms with Crippen LogP contribution < -0.4 is 11.1 Å². The van der Waals surface area contributed by atoms with Crippen molar-refractivity contribution >= 4 is 56.5 Å². The highest BCUT2D eigenvalue weighted by molar-refractivity contribution is 7.92. The Bertz CT molecular complexity index is 1580. The fourth-order valence-corrected chi connectivity index (χ4v) is 8.54. The van der Waals surface area contributed by atoms with Crippen LogP contribution in [0, 0.1) is 11.7 Å². The average Bonchev–Trinajstić information content (AvgIpc) is 3.67. The summed E-state index contributed by atoms with van der Waals surface area (Å²) in [6.45, 7) is 3.29. The van der Waals surface area contributed by atoms with E-state index in [9.17, 15) is 27.6 Å². The fraction of sp³-hybridized carbons (Fsp3) is 0.500. The number of pyridine rings is 1. The summed E-state index contributed by atoms with van der Waals surface area (Å²) in [6.07, 6.45) is 2.52. The van der Waals surface area contributed by atoms with Crippen LogP contribution >= 0.6 is 23.2 Å². The topological polar surface area (TPSA) is 157 Å². The van der Waals surface area contributed by atoms with E-state index in [1.165, 1.54) is 24.4 Å². The number of hydrogen-bond donors (Lipinski definition) is 2. The van der Waals surface area contributed by atoms with Crippen molar-refractivity contribution in [2.45, 2.75) is 79.9 Å². The minimum atomic E-state index is -4.31. The summed E-state index contributed by atoms with van der Waals surface area (Å²) in [7, 11) is -4.31. The molecule has 0 spiro atoms. The molecule has 238 valence electrons. The van der Waals surface area contributed by atoms with Crippen molar-refractivity contribution in [3.63, 3.8) is 0 Å². The van der Waals surface area contributed by atoms with Crippen LogP contribution in [0.25, 0.3) is 0 Å². The van der Waals surface area contributed by atoms with E-state index in [1.807, 2.05) is 6.92 Å². The van der Waals surface area contributed by atoms with Gasteiger partial charge in [0.1, 0.15) is 11.4 Å². The lowest BCUT2D eigenvalue weighted by Crippen LogP contribution is -2.64. The van der Waals surface area contributed by atoms with Crippen LogP contribution in [0.5, 0.6) is 0 Å². The summed E-state index contributed by atoms with van der Waals surface area (Å²) in [6, 6.07) is 6.75. The molecule has 1 aromatic heterocycles. The monoisotopic (exact) mass is 668 g/mol. The van der Waals surface area contributed by atoms with E-state index < -0.39 is 74.2 Å². The molecule has 1 aliphatic carbocycles. The number of Topliss-reactive ketones (excluding diaryl/α,β-unsaturated/α-hetero) is 1. The van der Waals surface area contributed by atoms with E-state index in [0.717, 1.165) is 17.4 Å². The van der Waals surface area contributed by atoms with Gasteiger partial charge in [0.2, 0.25) is 17.6 Å². The van der Waals surface area contributed by atoms with Crippen LogP contribution in [0.15, 0.2) is 41.4 Å². The maximum atomic E-state index is 15.2. The van der Waals surface area contributed by atoms with Gasteiger partial charge in [0.25, 0.3) is 5.91 Å². The Morgan fingerprint density at radius 2 is 1.84 bits per heavy atom. The molecule has 0 radical (unpaired) electrons. The predicted molar refractivity (Wildman–Crippen MR) is 162 cm³/mol. The maximum Gasteiger partial charge on any atom is 0.287 e. The molecule has 3 N–H and O–H groups in total. The van der Waals surface area contributed by atoms with Gasteiger partial charge in [-0.05, 0) is 50.3 Å². The fourth-order valence-electron chi connectivity index (χ4n) is 6.15. The van der Waals surface area contributed by atoms with Gasteiger partial charge in [-0.3, -0.25) is 24.2 Å². The van der Waals surface area contributed by atoms with Crippen LogP contribution in [-0.4, -0.2) is 65.7 Å². The van der Waals surface area contributed by atoms with Crippen molar-refractivity contribution in [2.24, 2.45) is 11.7 Å². The quantitative estimate of drug-likeness (QED) is 0.243. The standard InChI is InChI=1S/C30H35Cl2FN4O6S/c1-3-5-13-35-26(39)24(38)20(8-4-2)30(27(34)40)15-19(44(42,43)23-10-7-6-9-21(23)32)17-37(30)28(41)29(11-12-29)25-22(33)14-18(31)16-36-25/h6-7,9-10,14,16,19-20H,3-5,8,11-13,15,17H2,1-2H3,(H2,34,40)(H,35,39)/t19?,20-,30?/m1/s1. The van der Waals surface area contributed by atoms with Gasteiger partial charge in [0.05, 0.1) is 37.2 Å². The number of nitrogens with zero attached hydrogens (tertiary/aromatic N) is 2. The first-order valence-electron chi connectivity index (χ1n) is 14.5. The Morgan fingerprint density at radius 3 is 2.41 bits per heavy atom. The molecule has 3 amide bonds. The lowest BCUT2D eigenvalue weighted by atomic mass is 9.74. The highest BCUT2D eigenvalue weighted by Crippen LogP contribution is 2.53. The van der Waals surface area contributed by atoms with E-state index >= 15 is 4.39 Å². The van der Waals surface area contributed by atoms with Crippen LogP contribution in [-0.2, 0) is 34.4 Å². The first-order valence-corrected chi connectivity index (χ1v) is 16.8. The van der Waals surface area contributed by atoms with Gasteiger partial charge < -0.3 is 16.0 Å². The Morgan fingerprint density at radius 1 is 1.16 bits per heavy atom. The number of ketones is 1. The smallest absolute Gasteiger partial charge is 0.287 e. The minimum Gasteiger partial charge on any atom is -0.368 e. The second-order valence-corrected chi connectivity index (χ2v) is 14.4. The van der Waals surface area contributed by atoms with E-state index in [1.54, 1.807) is 13.0 Å². The zero-order chi connectivity index (χ0) is 32.4. The number of carbonyl (C=O) groups is 4. The molecule has 4 rings (SSSR count). The largest absolute Gasteiger partial charge is 0.368 e. The number of primary amides is 1. The van der Waals surface area contributed by atoms with Gasteiger partial charge in [0.15, 0.2) is 9.84 Å². The van der Waals surface area contributed by atoms with Crippen molar-refractivity contribution in [2.75, 3.05) is 13.1 Å². The third-order valence-corrected chi connectivity index (χ3v) is 11.4. The summed E-state index contributed by atoms with van der Waals surface area (Å²) in [4.78, 5) is 59.8. The number of nitrogens with one attached hydrogen (secondary N) is 1. The number of unbranched alkanes of at least 4 members (excludes halogenated alkanes) is 1. The van der Waals surface area contributed by atoms with Crippen molar-refractivity contribution in [3.8, 4) is 0 Å².